The third-order valence-electron chi connectivity index (χ3n) is 6.36. The Labute approximate surface area is 202 Å². The zero-order valence-corrected chi connectivity index (χ0v) is 20.0. The number of amides is 1. The molecular weight excluding hydrogens is 450 g/mol. The van der Waals surface area contributed by atoms with Gasteiger partial charge in [-0.25, -0.2) is 13.6 Å². The lowest BCUT2D eigenvalue weighted by atomic mass is 9.97. The van der Waals surface area contributed by atoms with Crippen LogP contribution in [0.1, 0.15) is 51.6 Å². The monoisotopic (exact) mass is 478 g/mol. The summed E-state index contributed by atoms with van der Waals surface area (Å²) in [6.45, 7) is 6.85. The molecule has 4 aromatic rings. The van der Waals surface area contributed by atoms with Gasteiger partial charge in [-0.05, 0) is 56.9 Å². The van der Waals surface area contributed by atoms with Crippen LogP contribution in [0.5, 0.6) is 0 Å². The molecule has 6 nitrogen and oxygen atoms in total. The van der Waals surface area contributed by atoms with E-state index in [-0.39, 0.29) is 17.7 Å². The number of benzene rings is 2. The summed E-state index contributed by atoms with van der Waals surface area (Å²) in [6.07, 6.45) is 2.31. The first-order valence-electron chi connectivity index (χ1n) is 11.8. The minimum Gasteiger partial charge on any atom is -0.444 e. The van der Waals surface area contributed by atoms with Gasteiger partial charge in [0.25, 0.3) is 6.43 Å². The first kappa shape index (κ1) is 23.2. The Morgan fingerprint density at radius 1 is 1.11 bits per heavy atom. The second-order valence-corrected chi connectivity index (χ2v) is 9.98. The Bertz CT molecular complexity index is 1390. The Morgan fingerprint density at radius 2 is 1.89 bits per heavy atom. The van der Waals surface area contributed by atoms with Crippen LogP contribution < -0.4 is 0 Å². The number of carbonyl (C=O) groups is 1. The topological polar surface area (TPSA) is 60.2 Å². The largest absolute Gasteiger partial charge is 0.444 e. The average Bonchev–Trinajstić information content (AvgIpc) is 3.25. The SMILES string of the molecule is CC(C)(C)OC(=O)N1CCC(n2cc3ccc(-c4ccc(C(F)F)c5ncccc45)cc3n2)CC1. The van der Waals surface area contributed by atoms with E-state index in [1.807, 2.05) is 55.9 Å². The van der Waals surface area contributed by atoms with Crippen molar-refractivity contribution in [1.29, 1.82) is 0 Å². The zero-order valence-electron chi connectivity index (χ0n) is 20.0. The Morgan fingerprint density at radius 3 is 2.60 bits per heavy atom. The predicted octanol–water partition coefficient (Wildman–Crippen LogP) is 6.76. The standard InChI is InChI=1S/C27H28F2N4O2/c1-27(2,3)35-26(34)32-13-10-19(11-14-32)33-16-18-7-6-17(15-23(18)31-33)20-8-9-22(25(28)29)24-21(20)5-4-12-30-24/h4-9,12,15-16,19,25H,10-11,13-14H2,1-3H3. The van der Waals surface area contributed by atoms with Gasteiger partial charge < -0.3 is 9.64 Å². The number of carbonyl (C=O) groups excluding carboxylic acids is 1. The quantitative estimate of drug-likeness (QED) is 0.326. The molecule has 5 rings (SSSR count). The lowest BCUT2D eigenvalue weighted by Gasteiger charge is -2.33. The highest BCUT2D eigenvalue weighted by atomic mass is 19.3. The molecule has 0 N–H and O–H groups in total. The molecule has 0 atom stereocenters. The highest BCUT2D eigenvalue weighted by molar-refractivity contribution is 5.98. The van der Waals surface area contributed by atoms with E-state index in [2.05, 4.69) is 4.98 Å². The highest BCUT2D eigenvalue weighted by Crippen LogP contribution is 2.35. The lowest BCUT2D eigenvalue weighted by molar-refractivity contribution is 0.0185. The number of pyridine rings is 1. The molecule has 0 unspecified atom stereocenters. The van der Waals surface area contributed by atoms with Crippen LogP contribution in [0.2, 0.25) is 0 Å². The fraction of sp³-hybridized carbons (Fsp3) is 0.370. The molecule has 1 saturated heterocycles. The summed E-state index contributed by atoms with van der Waals surface area (Å²) in [7, 11) is 0. The molecule has 0 bridgehead atoms. The maximum Gasteiger partial charge on any atom is 0.410 e. The van der Waals surface area contributed by atoms with E-state index in [0.29, 0.717) is 24.0 Å². The second-order valence-electron chi connectivity index (χ2n) is 9.98. The number of likely N-dealkylation sites (tertiary alicyclic amines) is 1. The van der Waals surface area contributed by atoms with E-state index < -0.39 is 12.0 Å². The first-order chi connectivity index (χ1) is 16.7. The number of halogens is 2. The fourth-order valence-corrected chi connectivity index (χ4v) is 4.65. The lowest BCUT2D eigenvalue weighted by Crippen LogP contribution is -2.42. The van der Waals surface area contributed by atoms with Crippen LogP contribution >= 0.6 is 0 Å². The highest BCUT2D eigenvalue weighted by Gasteiger charge is 2.28. The van der Waals surface area contributed by atoms with Crippen molar-refractivity contribution in [2.45, 2.75) is 51.7 Å². The van der Waals surface area contributed by atoms with Gasteiger partial charge in [-0.2, -0.15) is 5.10 Å². The van der Waals surface area contributed by atoms with Crippen molar-refractivity contribution in [3.05, 3.63) is 60.4 Å². The molecular formula is C27H28F2N4O2. The molecule has 0 spiro atoms. The van der Waals surface area contributed by atoms with E-state index >= 15 is 0 Å². The van der Waals surface area contributed by atoms with E-state index in [4.69, 9.17) is 9.84 Å². The number of rotatable bonds is 3. The van der Waals surface area contributed by atoms with Crippen LogP contribution in [0.15, 0.2) is 54.9 Å². The minimum atomic E-state index is -2.58. The smallest absolute Gasteiger partial charge is 0.410 e. The summed E-state index contributed by atoms with van der Waals surface area (Å²) >= 11 is 0. The zero-order chi connectivity index (χ0) is 24.7. The van der Waals surface area contributed by atoms with E-state index in [0.717, 1.165) is 34.9 Å². The summed E-state index contributed by atoms with van der Waals surface area (Å²) in [5, 5.41) is 6.53. The Balaban J connectivity index is 1.39. The van der Waals surface area contributed by atoms with Gasteiger partial charge >= 0.3 is 6.09 Å². The van der Waals surface area contributed by atoms with Gasteiger partial charge in [0, 0.05) is 41.8 Å². The summed E-state index contributed by atoms with van der Waals surface area (Å²) < 4.78 is 34.4. The van der Waals surface area contributed by atoms with Crippen LogP contribution in [-0.2, 0) is 4.74 Å². The maximum absolute atomic E-state index is 13.5. The summed E-state index contributed by atoms with van der Waals surface area (Å²) in [5.41, 5.74) is 2.34. The first-order valence-corrected chi connectivity index (χ1v) is 11.8. The van der Waals surface area contributed by atoms with Crippen molar-refractivity contribution >= 4 is 27.9 Å². The maximum atomic E-state index is 13.5. The molecule has 35 heavy (non-hydrogen) atoms. The van der Waals surface area contributed by atoms with E-state index in [1.54, 1.807) is 17.0 Å². The third-order valence-corrected chi connectivity index (χ3v) is 6.36. The van der Waals surface area contributed by atoms with Crippen molar-refractivity contribution < 1.29 is 18.3 Å². The average molecular weight is 479 g/mol. The van der Waals surface area contributed by atoms with Crippen LogP contribution in [0, 0.1) is 0 Å². The number of hydrogen-bond donors (Lipinski definition) is 0. The number of aromatic nitrogens is 3. The summed E-state index contributed by atoms with van der Waals surface area (Å²) in [6, 6.07) is 13.0. The minimum absolute atomic E-state index is 0.0626. The molecule has 182 valence electrons. The molecule has 0 radical (unpaired) electrons. The van der Waals surface area contributed by atoms with Gasteiger partial charge in [0.15, 0.2) is 0 Å². The van der Waals surface area contributed by atoms with Gasteiger partial charge in [0.2, 0.25) is 0 Å². The van der Waals surface area contributed by atoms with E-state index in [1.165, 1.54) is 12.3 Å². The second kappa shape index (κ2) is 8.91. The van der Waals surface area contributed by atoms with Gasteiger partial charge in [0.05, 0.1) is 17.1 Å². The van der Waals surface area contributed by atoms with Gasteiger partial charge in [0.1, 0.15) is 5.60 Å². The number of alkyl halides is 2. The van der Waals surface area contributed by atoms with Gasteiger partial charge in [-0.1, -0.05) is 30.3 Å². The molecule has 2 aromatic heterocycles. The third kappa shape index (κ3) is 4.70. The molecule has 1 aliphatic heterocycles. The van der Waals surface area contributed by atoms with E-state index in [9.17, 15) is 13.6 Å². The van der Waals surface area contributed by atoms with Crippen molar-refractivity contribution in [2.75, 3.05) is 13.1 Å². The number of fused-ring (bicyclic) bond motifs is 2. The van der Waals surface area contributed by atoms with Gasteiger partial charge in [-0.3, -0.25) is 9.67 Å². The van der Waals surface area contributed by atoms with Crippen LogP contribution in [0.25, 0.3) is 32.9 Å². The molecule has 1 aliphatic rings. The summed E-state index contributed by atoms with van der Waals surface area (Å²) in [4.78, 5) is 18.3. The molecule has 3 heterocycles. The van der Waals surface area contributed by atoms with Crippen LogP contribution in [0.3, 0.4) is 0 Å². The number of ether oxygens (including phenoxy) is 1. The number of nitrogens with zero attached hydrogens (tertiary/aromatic N) is 4. The number of piperidine rings is 1. The van der Waals surface area contributed by atoms with Crippen molar-refractivity contribution in [3.63, 3.8) is 0 Å². The predicted molar refractivity (Wildman–Crippen MR) is 132 cm³/mol. The normalized spacial score (nSPS) is 15.3. The molecule has 8 heteroatoms. The fourth-order valence-electron chi connectivity index (χ4n) is 4.65. The molecule has 0 aliphatic carbocycles. The Hall–Kier alpha value is -3.55. The van der Waals surface area contributed by atoms with Gasteiger partial charge in [-0.15, -0.1) is 0 Å². The van der Waals surface area contributed by atoms with Crippen LogP contribution in [0.4, 0.5) is 13.6 Å². The summed E-state index contributed by atoms with van der Waals surface area (Å²) in [5.74, 6) is 0. The molecule has 1 amide bonds. The molecule has 0 saturated carbocycles. The molecule has 2 aromatic carbocycles. The number of hydrogen-bond acceptors (Lipinski definition) is 4. The van der Waals surface area contributed by atoms with Crippen molar-refractivity contribution in [3.8, 4) is 11.1 Å². The Kier molecular flexibility index (Phi) is 5.91. The van der Waals surface area contributed by atoms with Crippen LogP contribution in [-0.4, -0.2) is 44.4 Å². The van der Waals surface area contributed by atoms with Crippen molar-refractivity contribution in [2.24, 2.45) is 0 Å². The van der Waals surface area contributed by atoms with Crippen molar-refractivity contribution in [1.82, 2.24) is 19.7 Å². The molecule has 1 fully saturated rings.